The SMILES string of the molecule is CN(Cc1cnn(C)c1)c1cccc(F)c1C#N. The molecule has 0 amide bonds. The van der Waals surface area contributed by atoms with E-state index in [0.717, 1.165) is 5.56 Å². The van der Waals surface area contributed by atoms with Crippen LogP contribution in [0.4, 0.5) is 10.1 Å². The maximum atomic E-state index is 13.5. The Morgan fingerprint density at radius 2 is 2.28 bits per heavy atom. The molecule has 0 aliphatic heterocycles. The highest BCUT2D eigenvalue weighted by molar-refractivity contribution is 5.59. The summed E-state index contributed by atoms with van der Waals surface area (Å²) in [6, 6.07) is 6.53. The number of benzene rings is 1. The molecule has 0 aliphatic rings. The van der Waals surface area contributed by atoms with E-state index in [2.05, 4.69) is 5.10 Å². The van der Waals surface area contributed by atoms with Crippen molar-refractivity contribution in [3.05, 3.63) is 47.5 Å². The molecule has 0 bridgehead atoms. The second-order valence-electron chi connectivity index (χ2n) is 4.12. The number of anilines is 1. The Hall–Kier alpha value is -2.35. The Balaban J connectivity index is 2.27. The molecule has 1 heterocycles. The van der Waals surface area contributed by atoms with Gasteiger partial charge in [0.15, 0.2) is 0 Å². The molecular weight excluding hydrogens is 231 g/mol. The Kier molecular flexibility index (Phi) is 3.28. The minimum atomic E-state index is -0.493. The van der Waals surface area contributed by atoms with Gasteiger partial charge in [-0.1, -0.05) is 6.07 Å². The number of hydrogen-bond donors (Lipinski definition) is 0. The van der Waals surface area contributed by atoms with Crippen LogP contribution in [0.3, 0.4) is 0 Å². The first-order valence-electron chi connectivity index (χ1n) is 5.49. The number of halogens is 1. The lowest BCUT2D eigenvalue weighted by atomic mass is 10.1. The van der Waals surface area contributed by atoms with E-state index < -0.39 is 5.82 Å². The van der Waals surface area contributed by atoms with Crippen LogP contribution in [-0.4, -0.2) is 16.8 Å². The molecule has 0 fully saturated rings. The van der Waals surface area contributed by atoms with Crippen molar-refractivity contribution < 1.29 is 4.39 Å². The summed E-state index contributed by atoms with van der Waals surface area (Å²) >= 11 is 0. The Bertz CT molecular complexity index is 597. The normalized spacial score (nSPS) is 10.1. The highest BCUT2D eigenvalue weighted by atomic mass is 19.1. The molecule has 5 heteroatoms. The smallest absolute Gasteiger partial charge is 0.143 e. The summed E-state index contributed by atoms with van der Waals surface area (Å²) in [6.07, 6.45) is 3.64. The minimum Gasteiger partial charge on any atom is -0.369 e. The van der Waals surface area contributed by atoms with E-state index in [1.165, 1.54) is 6.07 Å². The highest BCUT2D eigenvalue weighted by Crippen LogP contribution is 2.22. The standard InChI is InChI=1S/C13H13FN4/c1-17(8-10-7-16-18(2)9-10)13-5-3-4-12(14)11(13)6-15/h3-5,7,9H,8H2,1-2H3. The molecule has 0 radical (unpaired) electrons. The molecule has 0 spiro atoms. The van der Waals surface area contributed by atoms with Gasteiger partial charge in [0.1, 0.15) is 17.4 Å². The van der Waals surface area contributed by atoms with E-state index >= 15 is 0 Å². The molecule has 0 N–H and O–H groups in total. The maximum Gasteiger partial charge on any atom is 0.143 e. The second kappa shape index (κ2) is 4.88. The fourth-order valence-electron chi connectivity index (χ4n) is 1.85. The predicted molar refractivity (Wildman–Crippen MR) is 66.4 cm³/mol. The maximum absolute atomic E-state index is 13.5. The zero-order valence-corrected chi connectivity index (χ0v) is 10.3. The van der Waals surface area contributed by atoms with Gasteiger partial charge >= 0.3 is 0 Å². The topological polar surface area (TPSA) is 44.9 Å². The van der Waals surface area contributed by atoms with E-state index in [1.54, 1.807) is 23.0 Å². The van der Waals surface area contributed by atoms with Crippen LogP contribution in [0, 0.1) is 17.1 Å². The van der Waals surface area contributed by atoms with Gasteiger partial charge in [-0.15, -0.1) is 0 Å². The van der Waals surface area contributed by atoms with Gasteiger partial charge in [0.05, 0.1) is 11.9 Å². The van der Waals surface area contributed by atoms with Crippen LogP contribution in [0.2, 0.25) is 0 Å². The Morgan fingerprint density at radius 3 is 2.89 bits per heavy atom. The van der Waals surface area contributed by atoms with Crippen LogP contribution < -0.4 is 4.90 Å². The molecule has 0 saturated heterocycles. The predicted octanol–water partition coefficient (Wildman–Crippen LogP) is 2.07. The molecule has 2 rings (SSSR count). The lowest BCUT2D eigenvalue weighted by molar-refractivity contribution is 0.623. The van der Waals surface area contributed by atoms with Crippen molar-refractivity contribution in [3.63, 3.8) is 0 Å². The van der Waals surface area contributed by atoms with Crippen molar-refractivity contribution >= 4 is 5.69 Å². The average molecular weight is 244 g/mol. The minimum absolute atomic E-state index is 0.0730. The number of aryl methyl sites for hydroxylation is 1. The molecule has 1 aromatic heterocycles. The summed E-state index contributed by atoms with van der Waals surface area (Å²) in [5.41, 5.74) is 1.67. The molecule has 0 saturated carbocycles. The lowest BCUT2D eigenvalue weighted by Crippen LogP contribution is -2.17. The van der Waals surface area contributed by atoms with Crippen LogP contribution >= 0.6 is 0 Å². The van der Waals surface area contributed by atoms with E-state index in [1.807, 2.05) is 31.3 Å². The van der Waals surface area contributed by atoms with Crippen molar-refractivity contribution in [1.82, 2.24) is 9.78 Å². The molecule has 4 nitrogen and oxygen atoms in total. The first kappa shape index (κ1) is 12.1. The summed E-state index contributed by atoms with van der Waals surface area (Å²) in [4.78, 5) is 1.83. The monoisotopic (exact) mass is 244 g/mol. The third-order valence-electron chi connectivity index (χ3n) is 2.69. The van der Waals surface area contributed by atoms with Crippen molar-refractivity contribution in [1.29, 1.82) is 5.26 Å². The number of rotatable bonds is 3. The highest BCUT2D eigenvalue weighted by Gasteiger charge is 2.12. The van der Waals surface area contributed by atoms with Crippen LogP contribution in [-0.2, 0) is 13.6 Å². The number of aromatic nitrogens is 2. The fourth-order valence-corrected chi connectivity index (χ4v) is 1.85. The fraction of sp³-hybridized carbons (Fsp3) is 0.231. The van der Waals surface area contributed by atoms with Crippen LogP contribution in [0.1, 0.15) is 11.1 Å². The third kappa shape index (κ3) is 2.33. The summed E-state index contributed by atoms with van der Waals surface area (Å²) in [6.45, 7) is 0.575. The van der Waals surface area contributed by atoms with E-state index in [4.69, 9.17) is 5.26 Å². The second-order valence-corrected chi connectivity index (χ2v) is 4.12. The summed E-state index contributed by atoms with van der Waals surface area (Å²) in [5, 5.41) is 13.1. The molecule has 1 aromatic carbocycles. The quantitative estimate of drug-likeness (QED) is 0.830. The number of nitrogens with zero attached hydrogens (tertiary/aromatic N) is 4. The Labute approximate surface area is 105 Å². The van der Waals surface area contributed by atoms with Gasteiger partial charge < -0.3 is 4.90 Å². The van der Waals surface area contributed by atoms with Gasteiger partial charge in [0.2, 0.25) is 0 Å². The first-order chi connectivity index (χ1) is 8.61. The van der Waals surface area contributed by atoms with Crippen molar-refractivity contribution in [3.8, 4) is 6.07 Å². The van der Waals surface area contributed by atoms with E-state index in [0.29, 0.717) is 12.2 Å². The lowest BCUT2D eigenvalue weighted by Gasteiger charge is -2.19. The van der Waals surface area contributed by atoms with Crippen LogP contribution in [0.15, 0.2) is 30.6 Å². The van der Waals surface area contributed by atoms with E-state index in [9.17, 15) is 4.39 Å². The first-order valence-corrected chi connectivity index (χ1v) is 5.49. The van der Waals surface area contributed by atoms with Gasteiger partial charge in [-0.25, -0.2) is 4.39 Å². The van der Waals surface area contributed by atoms with Crippen LogP contribution in [0.25, 0.3) is 0 Å². The van der Waals surface area contributed by atoms with Gasteiger partial charge in [-0.05, 0) is 12.1 Å². The number of hydrogen-bond acceptors (Lipinski definition) is 3. The summed E-state index contributed by atoms with van der Waals surface area (Å²) in [5.74, 6) is -0.493. The molecule has 18 heavy (non-hydrogen) atoms. The molecule has 92 valence electrons. The van der Waals surface area contributed by atoms with Crippen LogP contribution in [0.5, 0.6) is 0 Å². The molecule has 2 aromatic rings. The van der Waals surface area contributed by atoms with Crippen molar-refractivity contribution in [2.75, 3.05) is 11.9 Å². The molecular formula is C13H13FN4. The summed E-state index contributed by atoms with van der Waals surface area (Å²) < 4.78 is 15.2. The van der Waals surface area contributed by atoms with Crippen molar-refractivity contribution in [2.45, 2.75) is 6.54 Å². The van der Waals surface area contributed by atoms with E-state index in [-0.39, 0.29) is 5.56 Å². The van der Waals surface area contributed by atoms with Gasteiger partial charge in [-0.2, -0.15) is 10.4 Å². The third-order valence-corrected chi connectivity index (χ3v) is 2.69. The average Bonchev–Trinajstić information content (AvgIpc) is 2.74. The number of nitriles is 1. The molecule has 0 atom stereocenters. The van der Waals surface area contributed by atoms with Gasteiger partial charge in [0, 0.05) is 32.4 Å². The molecule has 0 aliphatic carbocycles. The van der Waals surface area contributed by atoms with Crippen molar-refractivity contribution in [2.24, 2.45) is 7.05 Å². The zero-order valence-electron chi connectivity index (χ0n) is 10.3. The zero-order chi connectivity index (χ0) is 13.1. The molecule has 0 unspecified atom stereocenters. The Morgan fingerprint density at radius 1 is 1.50 bits per heavy atom. The van der Waals surface area contributed by atoms with Gasteiger partial charge in [-0.3, -0.25) is 4.68 Å². The van der Waals surface area contributed by atoms with Gasteiger partial charge in [0.25, 0.3) is 0 Å². The largest absolute Gasteiger partial charge is 0.369 e. The summed E-state index contributed by atoms with van der Waals surface area (Å²) in [7, 11) is 3.66.